The molecule has 1 aliphatic rings. The third kappa shape index (κ3) is 1.77. The fourth-order valence-electron chi connectivity index (χ4n) is 2.69. The van der Waals surface area contributed by atoms with Gasteiger partial charge in [0.2, 0.25) is 0 Å². The number of hydrogen-bond donors (Lipinski definition) is 1. The molecule has 2 unspecified atom stereocenters. The Hall–Kier alpha value is -0.980. The Morgan fingerprint density at radius 1 is 1.21 bits per heavy atom. The molecule has 1 nitrogen and oxygen atoms in total. The second-order valence-electron chi connectivity index (χ2n) is 4.30. The number of phenolic OH excluding ortho intramolecular Hbond substituents is 1. The molecule has 0 saturated heterocycles. The van der Waals surface area contributed by atoms with Crippen molar-refractivity contribution in [2.24, 2.45) is 5.92 Å². The van der Waals surface area contributed by atoms with Gasteiger partial charge in [-0.25, -0.2) is 0 Å². The maximum atomic E-state index is 9.22. The predicted molar refractivity (Wildman–Crippen MR) is 58.5 cm³/mol. The third-order valence-electron chi connectivity index (χ3n) is 3.50. The van der Waals surface area contributed by atoms with E-state index in [4.69, 9.17) is 0 Å². The topological polar surface area (TPSA) is 20.2 Å². The highest BCUT2D eigenvalue weighted by molar-refractivity contribution is 5.29. The van der Waals surface area contributed by atoms with Crippen molar-refractivity contribution in [2.75, 3.05) is 0 Å². The maximum Gasteiger partial charge on any atom is 0.115 e. The number of phenols is 1. The number of aromatic hydroxyl groups is 1. The van der Waals surface area contributed by atoms with Crippen LogP contribution in [0.4, 0.5) is 0 Å². The Balaban J connectivity index is 2.17. The van der Waals surface area contributed by atoms with Crippen LogP contribution in [0.1, 0.15) is 44.1 Å². The molecule has 0 spiro atoms. The molecule has 1 saturated carbocycles. The van der Waals surface area contributed by atoms with Crippen LogP contribution in [0, 0.1) is 5.92 Å². The van der Waals surface area contributed by atoms with E-state index in [1.807, 2.05) is 0 Å². The largest absolute Gasteiger partial charge is 0.508 e. The van der Waals surface area contributed by atoms with E-state index in [2.05, 4.69) is 19.1 Å². The Kier molecular flexibility index (Phi) is 2.76. The summed E-state index contributed by atoms with van der Waals surface area (Å²) < 4.78 is 0. The minimum Gasteiger partial charge on any atom is -0.508 e. The minimum absolute atomic E-state index is 0.375. The smallest absolute Gasteiger partial charge is 0.115 e. The molecular formula is C13H18O. The van der Waals surface area contributed by atoms with Gasteiger partial charge in [0, 0.05) is 0 Å². The number of hydrogen-bond acceptors (Lipinski definition) is 1. The van der Waals surface area contributed by atoms with Gasteiger partial charge >= 0.3 is 0 Å². The molecule has 76 valence electrons. The van der Waals surface area contributed by atoms with Crippen molar-refractivity contribution in [3.05, 3.63) is 29.8 Å². The Labute approximate surface area is 85.8 Å². The van der Waals surface area contributed by atoms with Gasteiger partial charge in [0.1, 0.15) is 5.75 Å². The minimum atomic E-state index is 0.375. The molecule has 1 heteroatoms. The molecule has 0 radical (unpaired) electrons. The number of rotatable bonds is 2. The summed E-state index contributed by atoms with van der Waals surface area (Å²) in [5, 5.41) is 9.22. The van der Waals surface area contributed by atoms with E-state index in [-0.39, 0.29) is 0 Å². The summed E-state index contributed by atoms with van der Waals surface area (Å²) in [6, 6.07) is 7.77. The van der Waals surface area contributed by atoms with Crippen LogP contribution in [0.25, 0.3) is 0 Å². The standard InChI is InChI=1S/C13H18O/c1-2-10-4-3-5-13(10)11-6-8-12(14)9-7-11/h6-10,13-14H,2-5H2,1H3. The van der Waals surface area contributed by atoms with Gasteiger partial charge in [-0.2, -0.15) is 0 Å². The van der Waals surface area contributed by atoms with Gasteiger partial charge in [0.05, 0.1) is 0 Å². The van der Waals surface area contributed by atoms with Gasteiger partial charge in [-0.05, 0) is 42.4 Å². The second-order valence-corrected chi connectivity index (χ2v) is 4.30. The first-order chi connectivity index (χ1) is 6.81. The van der Waals surface area contributed by atoms with Gasteiger partial charge in [-0.3, -0.25) is 0 Å². The molecule has 1 N–H and O–H groups in total. The van der Waals surface area contributed by atoms with Gasteiger partial charge in [-0.1, -0.05) is 31.9 Å². The fourth-order valence-corrected chi connectivity index (χ4v) is 2.69. The van der Waals surface area contributed by atoms with Crippen molar-refractivity contribution in [2.45, 2.75) is 38.5 Å². The third-order valence-corrected chi connectivity index (χ3v) is 3.50. The lowest BCUT2D eigenvalue weighted by molar-refractivity contribution is 0.463. The molecule has 1 aromatic rings. The molecule has 0 aromatic heterocycles. The normalized spacial score (nSPS) is 26.6. The summed E-state index contributed by atoms with van der Waals surface area (Å²) in [6.45, 7) is 2.28. The first-order valence-corrected chi connectivity index (χ1v) is 5.60. The van der Waals surface area contributed by atoms with E-state index < -0.39 is 0 Å². The molecule has 1 aromatic carbocycles. The SMILES string of the molecule is CCC1CCCC1c1ccc(O)cc1. The van der Waals surface area contributed by atoms with E-state index in [0.717, 1.165) is 11.8 Å². The molecule has 0 bridgehead atoms. The van der Waals surface area contributed by atoms with Crippen LogP contribution in [-0.4, -0.2) is 5.11 Å². The van der Waals surface area contributed by atoms with Crippen LogP contribution in [-0.2, 0) is 0 Å². The van der Waals surface area contributed by atoms with E-state index in [1.54, 1.807) is 12.1 Å². The molecule has 0 aliphatic heterocycles. The van der Waals surface area contributed by atoms with E-state index in [1.165, 1.54) is 31.2 Å². The van der Waals surface area contributed by atoms with Crippen LogP contribution in [0.5, 0.6) is 5.75 Å². The lowest BCUT2D eigenvalue weighted by Crippen LogP contribution is -2.04. The summed E-state index contributed by atoms with van der Waals surface area (Å²) in [5.74, 6) is 1.97. The zero-order valence-corrected chi connectivity index (χ0v) is 8.74. The zero-order valence-electron chi connectivity index (χ0n) is 8.74. The maximum absolute atomic E-state index is 9.22. The van der Waals surface area contributed by atoms with Crippen molar-refractivity contribution in [3.8, 4) is 5.75 Å². The van der Waals surface area contributed by atoms with Gasteiger partial charge < -0.3 is 5.11 Å². The van der Waals surface area contributed by atoms with Crippen LogP contribution in [0.2, 0.25) is 0 Å². The van der Waals surface area contributed by atoms with Gasteiger partial charge in [0.15, 0.2) is 0 Å². The van der Waals surface area contributed by atoms with Gasteiger partial charge in [0.25, 0.3) is 0 Å². The molecular weight excluding hydrogens is 172 g/mol. The van der Waals surface area contributed by atoms with Crippen LogP contribution in [0.3, 0.4) is 0 Å². The zero-order chi connectivity index (χ0) is 9.97. The first-order valence-electron chi connectivity index (χ1n) is 5.60. The average Bonchev–Trinajstić information content (AvgIpc) is 2.67. The van der Waals surface area contributed by atoms with Crippen molar-refractivity contribution in [1.29, 1.82) is 0 Å². The van der Waals surface area contributed by atoms with E-state index in [0.29, 0.717) is 5.75 Å². The molecule has 14 heavy (non-hydrogen) atoms. The fraction of sp³-hybridized carbons (Fsp3) is 0.538. The van der Waals surface area contributed by atoms with Gasteiger partial charge in [-0.15, -0.1) is 0 Å². The summed E-state index contributed by atoms with van der Waals surface area (Å²) in [4.78, 5) is 0. The van der Waals surface area contributed by atoms with Crippen molar-refractivity contribution >= 4 is 0 Å². The predicted octanol–water partition coefficient (Wildman–Crippen LogP) is 3.69. The summed E-state index contributed by atoms with van der Waals surface area (Å²) in [7, 11) is 0. The first kappa shape index (κ1) is 9.57. The lowest BCUT2D eigenvalue weighted by Gasteiger charge is -2.18. The monoisotopic (exact) mass is 190 g/mol. The molecule has 2 rings (SSSR count). The van der Waals surface area contributed by atoms with Crippen LogP contribution < -0.4 is 0 Å². The summed E-state index contributed by atoms with van der Waals surface area (Å²) in [6.07, 6.45) is 5.35. The quantitative estimate of drug-likeness (QED) is 0.754. The number of benzene rings is 1. The second kappa shape index (κ2) is 4.04. The highest BCUT2D eigenvalue weighted by atomic mass is 16.3. The molecule has 0 heterocycles. The van der Waals surface area contributed by atoms with Crippen molar-refractivity contribution < 1.29 is 5.11 Å². The molecule has 1 fully saturated rings. The Morgan fingerprint density at radius 3 is 2.57 bits per heavy atom. The lowest BCUT2D eigenvalue weighted by atomic mass is 9.87. The highest BCUT2D eigenvalue weighted by Crippen LogP contribution is 2.41. The summed E-state index contributed by atoms with van der Waals surface area (Å²) in [5.41, 5.74) is 1.41. The Morgan fingerprint density at radius 2 is 1.93 bits per heavy atom. The van der Waals surface area contributed by atoms with Crippen LogP contribution in [0.15, 0.2) is 24.3 Å². The Bertz CT molecular complexity index is 289. The van der Waals surface area contributed by atoms with Crippen LogP contribution >= 0.6 is 0 Å². The summed E-state index contributed by atoms with van der Waals surface area (Å²) >= 11 is 0. The average molecular weight is 190 g/mol. The van der Waals surface area contributed by atoms with E-state index >= 15 is 0 Å². The van der Waals surface area contributed by atoms with Crippen molar-refractivity contribution in [1.82, 2.24) is 0 Å². The molecule has 0 amide bonds. The van der Waals surface area contributed by atoms with E-state index in [9.17, 15) is 5.11 Å². The highest BCUT2D eigenvalue weighted by Gasteiger charge is 2.26. The molecule has 1 aliphatic carbocycles. The molecule has 2 atom stereocenters. The van der Waals surface area contributed by atoms with Crippen molar-refractivity contribution in [3.63, 3.8) is 0 Å².